The monoisotopic (exact) mass is 400 g/mol. The molecule has 0 amide bonds. The fourth-order valence-electron chi connectivity index (χ4n) is 3.14. The van der Waals surface area contributed by atoms with Crippen LogP contribution in [-0.2, 0) is 20.0 Å². The first-order valence-corrected chi connectivity index (χ1v) is 11.8. The Morgan fingerprint density at radius 2 is 1.77 bits per heavy atom. The fourth-order valence-corrected chi connectivity index (χ4v) is 6.17. The molecule has 1 N–H and O–H groups in total. The van der Waals surface area contributed by atoms with E-state index in [4.69, 9.17) is 0 Å². The molecule has 0 bridgehead atoms. The van der Waals surface area contributed by atoms with Crippen LogP contribution in [0.3, 0.4) is 0 Å². The number of ketones is 1. The zero-order valence-corrected chi connectivity index (χ0v) is 16.4. The summed E-state index contributed by atoms with van der Waals surface area (Å²) in [5.74, 6) is -0.0855. The number of piperidine rings is 1. The third-order valence-electron chi connectivity index (χ3n) is 4.99. The highest BCUT2D eigenvalue weighted by atomic mass is 32.2. The maximum atomic E-state index is 12.4. The summed E-state index contributed by atoms with van der Waals surface area (Å²) >= 11 is 0. The van der Waals surface area contributed by atoms with Crippen LogP contribution in [0, 0.1) is 5.92 Å². The van der Waals surface area contributed by atoms with Crippen LogP contribution in [0.4, 0.5) is 0 Å². The third kappa shape index (κ3) is 4.33. The van der Waals surface area contributed by atoms with Gasteiger partial charge in [0.15, 0.2) is 5.78 Å². The Morgan fingerprint density at radius 1 is 1.12 bits per heavy atom. The molecule has 1 saturated carbocycles. The summed E-state index contributed by atoms with van der Waals surface area (Å²) in [6, 6.07) is 5.96. The lowest BCUT2D eigenvalue weighted by molar-refractivity contribution is 0.101. The predicted molar refractivity (Wildman–Crippen MR) is 97.9 cm³/mol. The molecule has 7 nitrogen and oxygen atoms in total. The molecule has 1 saturated heterocycles. The van der Waals surface area contributed by atoms with Gasteiger partial charge in [-0.3, -0.25) is 4.79 Å². The van der Waals surface area contributed by atoms with Crippen molar-refractivity contribution in [1.29, 1.82) is 0 Å². The van der Waals surface area contributed by atoms with Gasteiger partial charge >= 0.3 is 0 Å². The topological polar surface area (TPSA) is 101 Å². The van der Waals surface area contributed by atoms with Gasteiger partial charge in [0.25, 0.3) is 0 Å². The average Bonchev–Trinajstić information content (AvgIpc) is 3.46. The number of sulfonamides is 2. The van der Waals surface area contributed by atoms with Crippen LogP contribution >= 0.6 is 0 Å². The molecule has 2 aliphatic rings. The van der Waals surface area contributed by atoms with Gasteiger partial charge in [0.2, 0.25) is 20.0 Å². The SMILES string of the molecule is CC(=O)c1cccc(S(=O)(=O)NCC2CCN(S(=O)(=O)C3CC3)CC2)c1. The second kappa shape index (κ2) is 7.38. The summed E-state index contributed by atoms with van der Waals surface area (Å²) < 4.78 is 53.5. The van der Waals surface area contributed by atoms with E-state index < -0.39 is 20.0 Å². The van der Waals surface area contributed by atoms with Gasteiger partial charge in [0, 0.05) is 25.2 Å². The quantitative estimate of drug-likeness (QED) is 0.697. The van der Waals surface area contributed by atoms with Crippen LogP contribution in [0.1, 0.15) is 43.0 Å². The van der Waals surface area contributed by atoms with Gasteiger partial charge in [-0.2, -0.15) is 0 Å². The smallest absolute Gasteiger partial charge is 0.240 e. The minimum Gasteiger partial charge on any atom is -0.295 e. The highest BCUT2D eigenvalue weighted by Gasteiger charge is 2.41. The summed E-state index contributed by atoms with van der Waals surface area (Å²) in [5.41, 5.74) is 0.353. The van der Waals surface area contributed by atoms with Crippen molar-refractivity contribution < 1.29 is 21.6 Å². The van der Waals surface area contributed by atoms with Crippen molar-refractivity contribution in [3.8, 4) is 0 Å². The van der Waals surface area contributed by atoms with Gasteiger partial charge in [-0.1, -0.05) is 12.1 Å². The molecule has 1 aromatic carbocycles. The second-order valence-electron chi connectivity index (χ2n) is 7.02. The lowest BCUT2D eigenvalue weighted by Gasteiger charge is -2.31. The first kappa shape index (κ1) is 19.5. The Balaban J connectivity index is 1.56. The summed E-state index contributed by atoms with van der Waals surface area (Å²) in [6.45, 7) is 2.56. The van der Waals surface area contributed by atoms with Crippen molar-refractivity contribution in [3.05, 3.63) is 29.8 Å². The minimum absolute atomic E-state index is 0.0685. The van der Waals surface area contributed by atoms with E-state index in [-0.39, 0.29) is 28.4 Å². The average molecular weight is 401 g/mol. The normalized spacial score (nSPS) is 20.2. The van der Waals surface area contributed by atoms with E-state index in [1.54, 1.807) is 16.4 Å². The lowest BCUT2D eigenvalue weighted by Crippen LogP contribution is -2.42. The van der Waals surface area contributed by atoms with Crippen molar-refractivity contribution in [1.82, 2.24) is 9.03 Å². The molecule has 2 fully saturated rings. The van der Waals surface area contributed by atoms with E-state index in [0.29, 0.717) is 31.5 Å². The molecule has 1 heterocycles. The van der Waals surface area contributed by atoms with Crippen molar-refractivity contribution in [2.45, 2.75) is 42.8 Å². The fraction of sp³-hybridized carbons (Fsp3) is 0.588. The Morgan fingerprint density at radius 3 is 2.35 bits per heavy atom. The number of rotatable bonds is 7. The van der Waals surface area contributed by atoms with Crippen LogP contribution in [0.5, 0.6) is 0 Å². The van der Waals surface area contributed by atoms with Crippen molar-refractivity contribution >= 4 is 25.8 Å². The number of nitrogens with zero attached hydrogens (tertiary/aromatic N) is 1. The zero-order valence-electron chi connectivity index (χ0n) is 14.7. The van der Waals surface area contributed by atoms with Gasteiger partial charge in [0.1, 0.15) is 0 Å². The van der Waals surface area contributed by atoms with Gasteiger partial charge < -0.3 is 0 Å². The molecule has 0 aromatic heterocycles. The van der Waals surface area contributed by atoms with E-state index >= 15 is 0 Å². The first-order valence-electron chi connectivity index (χ1n) is 8.80. The Kier molecular flexibility index (Phi) is 5.53. The predicted octanol–water partition coefficient (Wildman–Crippen LogP) is 1.37. The number of Topliss-reactive ketones (excluding diaryl/α,β-unsaturated/α-hetero) is 1. The van der Waals surface area contributed by atoms with E-state index in [0.717, 1.165) is 12.8 Å². The Hall–Kier alpha value is -1.29. The standard InChI is InChI=1S/C17H24N2O5S2/c1-13(20)15-3-2-4-17(11-15)25(21,22)18-12-14-7-9-19(10-8-14)26(23,24)16-5-6-16/h2-4,11,14,16,18H,5-10,12H2,1H3. The molecule has 3 rings (SSSR count). The number of nitrogens with one attached hydrogen (secondary N) is 1. The molecule has 26 heavy (non-hydrogen) atoms. The Bertz CT molecular complexity index is 883. The summed E-state index contributed by atoms with van der Waals surface area (Å²) in [4.78, 5) is 11.5. The molecule has 9 heteroatoms. The van der Waals surface area contributed by atoms with Crippen LogP contribution in [0.15, 0.2) is 29.2 Å². The second-order valence-corrected chi connectivity index (χ2v) is 11.0. The largest absolute Gasteiger partial charge is 0.295 e. The first-order chi connectivity index (χ1) is 12.2. The molecule has 0 spiro atoms. The molecular weight excluding hydrogens is 376 g/mol. The molecule has 0 unspecified atom stereocenters. The maximum absolute atomic E-state index is 12.4. The Labute approximate surface area is 154 Å². The lowest BCUT2D eigenvalue weighted by atomic mass is 9.99. The highest BCUT2D eigenvalue weighted by molar-refractivity contribution is 7.90. The molecule has 1 aromatic rings. The van der Waals surface area contributed by atoms with Gasteiger partial charge in [0.05, 0.1) is 10.1 Å². The molecular formula is C17H24N2O5S2. The number of hydrogen-bond donors (Lipinski definition) is 1. The summed E-state index contributed by atoms with van der Waals surface area (Å²) in [5, 5.41) is -0.203. The van der Waals surface area contributed by atoms with Crippen LogP contribution < -0.4 is 4.72 Å². The number of benzene rings is 1. The highest BCUT2D eigenvalue weighted by Crippen LogP contribution is 2.33. The van der Waals surface area contributed by atoms with E-state index in [2.05, 4.69) is 4.72 Å². The van der Waals surface area contributed by atoms with Crippen LogP contribution in [0.2, 0.25) is 0 Å². The molecule has 0 atom stereocenters. The molecule has 144 valence electrons. The zero-order chi connectivity index (χ0) is 18.9. The molecule has 1 aliphatic heterocycles. The van der Waals surface area contributed by atoms with E-state index in [1.807, 2.05) is 0 Å². The maximum Gasteiger partial charge on any atom is 0.240 e. The minimum atomic E-state index is -3.70. The third-order valence-corrected chi connectivity index (χ3v) is 8.81. The molecule has 0 radical (unpaired) electrons. The van der Waals surface area contributed by atoms with Crippen molar-refractivity contribution in [3.63, 3.8) is 0 Å². The van der Waals surface area contributed by atoms with Crippen LogP contribution in [0.25, 0.3) is 0 Å². The van der Waals surface area contributed by atoms with Crippen molar-refractivity contribution in [2.75, 3.05) is 19.6 Å². The van der Waals surface area contributed by atoms with Gasteiger partial charge in [-0.05, 0) is 50.7 Å². The van der Waals surface area contributed by atoms with E-state index in [1.165, 1.54) is 19.1 Å². The van der Waals surface area contributed by atoms with Crippen molar-refractivity contribution in [2.24, 2.45) is 5.92 Å². The number of carbonyl (C=O) groups is 1. The molecule has 1 aliphatic carbocycles. The van der Waals surface area contributed by atoms with Gasteiger partial charge in [-0.15, -0.1) is 0 Å². The summed E-state index contributed by atoms with van der Waals surface area (Å²) in [6.07, 6.45) is 2.78. The van der Waals surface area contributed by atoms with Crippen LogP contribution in [-0.4, -0.2) is 51.8 Å². The number of hydrogen-bond acceptors (Lipinski definition) is 5. The number of carbonyl (C=O) groups excluding carboxylic acids is 1. The van der Waals surface area contributed by atoms with Gasteiger partial charge in [-0.25, -0.2) is 25.9 Å². The van der Waals surface area contributed by atoms with E-state index in [9.17, 15) is 21.6 Å². The summed E-state index contributed by atoms with van der Waals surface area (Å²) in [7, 11) is -6.84.